The highest BCUT2D eigenvalue weighted by Gasteiger charge is 1.96. The SMILES string of the molecule is N#Cc1ccc(OCCSCCc2ccccc2)cc1. The molecule has 0 N–H and O–H groups in total. The summed E-state index contributed by atoms with van der Waals surface area (Å²) in [5.74, 6) is 2.92. The molecule has 0 aliphatic rings. The van der Waals surface area contributed by atoms with Crippen molar-refractivity contribution >= 4 is 11.8 Å². The fourth-order valence-electron chi connectivity index (χ4n) is 1.78. The van der Waals surface area contributed by atoms with E-state index in [0.29, 0.717) is 12.2 Å². The van der Waals surface area contributed by atoms with Crippen LogP contribution < -0.4 is 4.74 Å². The van der Waals surface area contributed by atoms with E-state index >= 15 is 0 Å². The topological polar surface area (TPSA) is 33.0 Å². The van der Waals surface area contributed by atoms with Crippen molar-refractivity contribution in [3.8, 4) is 11.8 Å². The quantitative estimate of drug-likeness (QED) is 0.722. The summed E-state index contributed by atoms with van der Waals surface area (Å²) in [5, 5.41) is 8.70. The molecule has 0 saturated carbocycles. The highest BCUT2D eigenvalue weighted by atomic mass is 32.2. The lowest BCUT2D eigenvalue weighted by atomic mass is 10.2. The van der Waals surface area contributed by atoms with Crippen molar-refractivity contribution in [3.63, 3.8) is 0 Å². The molecule has 0 atom stereocenters. The van der Waals surface area contributed by atoms with Crippen LogP contribution in [-0.2, 0) is 6.42 Å². The molecule has 0 amide bonds. The van der Waals surface area contributed by atoms with E-state index in [1.54, 1.807) is 12.1 Å². The van der Waals surface area contributed by atoms with E-state index in [0.717, 1.165) is 23.7 Å². The average molecular weight is 283 g/mol. The molecule has 0 aromatic heterocycles. The number of hydrogen-bond acceptors (Lipinski definition) is 3. The number of aryl methyl sites for hydroxylation is 1. The van der Waals surface area contributed by atoms with Crippen LogP contribution in [0.3, 0.4) is 0 Å². The first-order valence-corrected chi connectivity index (χ1v) is 7.78. The summed E-state index contributed by atoms with van der Waals surface area (Å²) in [6, 6.07) is 19.8. The van der Waals surface area contributed by atoms with Crippen LogP contribution in [0.25, 0.3) is 0 Å². The Bertz CT molecular complexity index is 545. The van der Waals surface area contributed by atoms with Gasteiger partial charge in [-0.1, -0.05) is 30.3 Å². The molecule has 0 heterocycles. The van der Waals surface area contributed by atoms with Gasteiger partial charge in [0.2, 0.25) is 0 Å². The lowest BCUT2D eigenvalue weighted by Gasteiger charge is -2.06. The van der Waals surface area contributed by atoms with E-state index in [4.69, 9.17) is 10.00 Å². The van der Waals surface area contributed by atoms with E-state index < -0.39 is 0 Å². The van der Waals surface area contributed by atoms with Crippen LogP contribution in [0.2, 0.25) is 0 Å². The molecule has 0 radical (unpaired) electrons. The third-order valence-corrected chi connectivity index (χ3v) is 3.81. The second kappa shape index (κ2) is 8.29. The highest BCUT2D eigenvalue weighted by Crippen LogP contribution is 2.12. The molecular formula is C17H17NOS. The Hall–Kier alpha value is -1.92. The molecule has 20 heavy (non-hydrogen) atoms. The Balaban J connectivity index is 1.58. The molecule has 0 aliphatic heterocycles. The molecule has 0 saturated heterocycles. The van der Waals surface area contributed by atoms with Gasteiger partial charge in [0, 0.05) is 5.75 Å². The van der Waals surface area contributed by atoms with E-state index in [1.165, 1.54) is 5.56 Å². The van der Waals surface area contributed by atoms with Crippen molar-refractivity contribution < 1.29 is 4.74 Å². The largest absolute Gasteiger partial charge is 0.493 e. The fraction of sp³-hybridized carbons (Fsp3) is 0.235. The minimum Gasteiger partial charge on any atom is -0.493 e. The first-order chi connectivity index (χ1) is 9.88. The van der Waals surface area contributed by atoms with E-state index in [2.05, 4.69) is 30.3 Å². The molecule has 0 spiro atoms. The molecule has 0 aliphatic carbocycles. The number of ether oxygens (including phenoxy) is 1. The zero-order chi connectivity index (χ0) is 14.0. The van der Waals surface area contributed by atoms with E-state index in [9.17, 15) is 0 Å². The minimum absolute atomic E-state index is 0.662. The molecule has 0 unspecified atom stereocenters. The summed E-state index contributed by atoms with van der Waals surface area (Å²) < 4.78 is 5.63. The lowest BCUT2D eigenvalue weighted by molar-refractivity contribution is 0.344. The van der Waals surface area contributed by atoms with Crippen LogP contribution in [0.4, 0.5) is 0 Å². The number of hydrogen-bond donors (Lipinski definition) is 0. The van der Waals surface area contributed by atoms with Gasteiger partial charge in [-0.15, -0.1) is 0 Å². The number of nitrogens with zero attached hydrogens (tertiary/aromatic N) is 1. The lowest BCUT2D eigenvalue weighted by Crippen LogP contribution is -2.01. The van der Waals surface area contributed by atoms with Crippen molar-refractivity contribution in [3.05, 3.63) is 65.7 Å². The van der Waals surface area contributed by atoms with Gasteiger partial charge in [-0.05, 0) is 42.0 Å². The van der Waals surface area contributed by atoms with Crippen molar-refractivity contribution in [2.75, 3.05) is 18.1 Å². The predicted molar refractivity (Wildman–Crippen MR) is 84.1 cm³/mol. The zero-order valence-electron chi connectivity index (χ0n) is 11.3. The van der Waals surface area contributed by atoms with Gasteiger partial charge in [-0.3, -0.25) is 0 Å². The first-order valence-electron chi connectivity index (χ1n) is 6.63. The third-order valence-electron chi connectivity index (χ3n) is 2.86. The minimum atomic E-state index is 0.662. The molecule has 2 aromatic carbocycles. The molecular weight excluding hydrogens is 266 g/mol. The standard InChI is InChI=1S/C17H17NOS/c18-14-16-6-8-17(9-7-16)19-11-13-20-12-10-15-4-2-1-3-5-15/h1-9H,10-13H2. The van der Waals surface area contributed by atoms with Crippen LogP contribution in [0.15, 0.2) is 54.6 Å². The van der Waals surface area contributed by atoms with Crippen molar-refractivity contribution in [1.29, 1.82) is 5.26 Å². The van der Waals surface area contributed by atoms with Crippen LogP contribution >= 0.6 is 11.8 Å². The van der Waals surface area contributed by atoms with Crippen molar-refractivity contribution in [2.24, 2.45) is 0 Å². The molecule has 2 rings (SSSR count). The number of benzene rings is 2. The molecule has 0 bridgehead atoms. The maximum absolute atomic E-state index is 8.70. The van der Waals surface area contributed by atoms with Gasteiger partial charge < -0.3 is 4.74 Å². The Morgan fingerprint density at radius 2 is 1.70 bits per heavy atom. The monoisotopic (exact) mass is 283 g/mol. The van der Waals surface area contributed by atoms with E-state index in [-0.39, 0.29) is 0 Å². The van der Waals surface area contributed by atoms with Gasteiger partial charge in [0.05, 0.1) is 18.2 Å². The summed E-state index contributed by atoms with van der Waals surface area (Å²) in [6.07, 6.45) is 1.10. The predicted octanol–water partition coefficient (Wildman–Crippen LogP) is 3.91. The van der Waals surface area contributed by atoms with Crippen molar-refractivity contribution in [2.45, 2.75) is 6.42 Å². The van der Waals surface area contributed by atoms with Gasteiger partial charge in [-0.25, -0.2) is 0 Å². The zero-order valence-corrected chi connectivity index (χ0v) is 12.1. The van der Waals surface area contributed by atoms with Gasteiger partial charge in [-0.2, -0.15) is 17.0 Å². The second-order valence-corrected chi connectivity index (χ2v) is 5.56. The molecule has 0 fully saturated rings. The van der Waals surface area contributed by atoms with Crippen LogP contribution in [0.1, 0.15) is 11.1 Å². The third kappa shape index (κ3) is 4.99. The number of thioether (sulfide) groups is 1. The molecule has 2 nitrogen and oxygen atoms in total. The second-order valence-electron chi connectivity index (χ2n) is 4.33. The Morgan fingerprint density at radius 1 is 0.950 bits per heavy atom. The highest BCUT2D eigenvalue weighted by molar-refractivity contribution is 7.99. The maximum atomic E-state index is 8.70. The van der Waals surface area contributed by atoms with Crippen LogP contribution in [0.5, 0.6) is 5.75 Å². The van der Waals surface area contributed by atoms with E-state index in [1.807, 2.05) is 30.0 Å². The Labute approximate surface area is 124 Å². The average Bonchev–Trinajstić information content (AvgIpc) is 2.52. The Kier molecular flexibility index (Phi) is 6.01. The van der Waals surface area contributed by atoms with Crippen molar-refractivity contribution in [1.82, 2.24) is 0 Å². The Morgan fingerprint density at radius 3 is 2.40 bits per heavy atom. The number of rotatable bonds is 7. The van der Waals surface area contributed by atoms with Crippen LogP contribution in [-0.4, -0.2) is 18.1 Å². The van der Waals surface area contributed by atoms with Gasteiger partial charge in [0.1, 0.15) is 5.75 Å². The summed E-state index contributed by atoms with van der Waals surface area (Å²) >= 11 is 1.90. The molecule has 102 valence electrons. The van der Waals surface area contributed by atoms with Gasteiger partial charge >= 0.3 is 0 Å². The van der Waals surface area contributed by atoms with Crippen LogP contribution in [0, 0.1) is 11.3 Å². The molecule has 2 aromatic rings. The smallest absolute Gasteiger partial charge is 0.119 e. The summed E-state index contributed by atoms with van der Waals surface area (Å²) in [7, 11) is 0. The number of nitriles is 1. The van der Waals surface area contributed by atoms with Gasteiger partial charge in [0.15, 0.2) is 0 Å². The maximum Gasteiger partial charge on any atom is 0.119 e. The van der Waals surface area contributed by atoms with Gasteiger partial charge in [0.25, 0.3) is 0 Å². The first kappa shape index (κ1) is 14.5. The normalized spacial score (nSPS) is 9.95. The summed E-state index contributed by atoms with van der Waals surface area (Å²) in [6.45, 7) is 0.700. The summed E-state index contributed by atoms with van der Waals surface area (Å²) in [5.41, 5.74) is 2.04. The fourth-order valence-corrected chi connectivity index (χ4v) is 2.57. The molecule has 3 heteroatoms. The summed E-state index contributed by atoms with van der Waals surface area (Å²) in [4.78, 5) is 0.